The number of nitrogens with one attached hydrogen (secondary N) is 3. The topological polar surface area (TPSA) is 310 Å². The van der Waals surface area contributed by atoms with Crippen molar-refractivity contribution in [3.8, 4) is 33.9 Å². The lowest BCUT2D eigenvalue weighted by Crippen LogP contribution is -2.53. The number of esters is 1. The van der Waals surface area contributed by atoms with E-state index >= 15 is 0 Å². The number of aryl methyl sites for hydroxylation is 1. The highest BCUT2D eigenvalue weighted by Gasteiger charge is 2.55. The van der Waals surface area contributed by atoms with Gasteiger partial charge in [0, 0.05) is 23.2 Å². The van der Waals surface area contributed by atoms with Gasteiger partial charge in [0.2, 0.25) is 21.6 Å². The normalized spacial score (nSPS) is 14.8. The molecule has 4 heterocycles. The van der Waals surface area contributed by atoms with E-state index in [9.17, 15) is 51.6 Å². The third-order valence-corrected chi connectivity index (χ3v) is 18.6. The first kappa shape index (κ1) is 75.4. The Morgan fingerprint density at radius 3 is 1.63 bits per heavy atom. The highest BCUT2D eigenvalue weighted by Crippen LogP contribution is 2.37. The maximum absolute atomic E-state index is 14.6. The minimum absolute atomic E-state index is 0.0152. The summed E-state index contributed by atoms with van der Waals surface area (Å²) in [6, 6.07) is 29.5. The highest BCUT2D eigenvalue weighted by atomic mass is 35.5. The molecule has 3 N–H and O–H groups in total. The summed E-state index contributed by atoms with van der Waals surface area (Å²) in [5.74, 6) is -6.41. The molecule has 3 atom stereocenters. The number of ether oxygens (including phenoxy) is 3. The van der Waals surface area contributed by atoms with Crippen LogP contribution in [-0.2, 0) is 43.4 Å². The summed E-state index contributed by atoms with van der Waals surface area (Å²) in [4.78, 5) is 123. The van der Waals surface area contributed by atoms with E-state index in [0.29, 0.717) is 32.9 Å². The van der Waals surface area contributed by atoms with Gasteiger partial charge in [0.05, 0.1) is 55.3 Å². The van der Waals surface area contributed by atoms with E-state index in [1.165, 1.54) is 96.6 Å². The van der Waals surface area contributed by atoms with Gasteiger partial charge < -0.3 is 33.9 Å². The Hall–Kier alpha value is -9.36. The van der Waals surface area contributed by atoms with Gasteiger partial charge in [-0.05, 0) is 76.9 Å². The molecule has 0 aliphatic carbocycles. The van der Waals surface area contributed by atoms with Crippen molar-refractivity contribution in [1.29, 1.82) is 0 Å². The zero-order valence-corrected chi connectivity index (χ0v) is 58.4. The van der Waals surface area contributed by atoms with Gasteiger partial charge in [-0.15, -0.1) is 0 Å². The molecule has 524 valence electrons. The Balaban J connectivity index is 0.000000252. The first-order valence-corrected chi connectivity index (χ1v) is 35.4. The highest BCUT2D eigenvalue weighted by molar-refractivity contribution is 7.89. The largest absolute Gasteiger partial charge is 0.462 e. The van der Waals surface area contributed by atoms with E-state index < -0.39 is 87.2 Å². The van der Waals surface area contributed by atoms with Crippen molar-refractivity contribution < 1.29 is 74.8 Å². The van der Waals surface area contributed by atoms with Crippen LogP contribution in [0.3, 0.4) is 0 Å². The number of benzene rings is 5. The van der Waals surface area contributed by atoms with Crippen LogP contribution >= 0.6 is 23.2 Å². The van der Waals surface area contributed by atoms with Crippen LogP contribution < -0.4 is 15.4 Å². The fraction of sp³-hybridized carbons (Fsp3) is 0.384. The summed E-state index contributed by atoms with van der Waals surface area (Å²) in [6.07, 6.45) is 13.8. The van der Waals surface area contributed by atoms with E-state index in [2.05, 4.69) is 39.5 Å². The number of nitrogens with zero attached hydrogens (tertiary/aromatic N) is 4. The summed E-state index contributed by atoms with van der Waals surface area (Å²) in [6.45, 7) is 10.4. The van der Waals surface area contributed by atoms with Crippen molar-refractivity contribution in [2.45, 2.75) is 173 Å². The van der Waals surface area contributed by atoms with Gasteiger partial charge in [-0.3, -0.25) is 28.8 Å². The quantitative estimate of drug-likeness (QED) is 0.0111. The second kappa shape index (κ2) is 35.4. The number of unbranched alkanes of at least 4 members (excludes halogenated alkanes) is 14. The Kier molecular flexibility index (Phi) is 27.0. The molecule has 26 heteroatoms. The van der Waals surface area contributed by atoms with Crippen LogP contribution in [-0.4, -0.2) is 119 Å². The fourth-order valence-electron chi connectivity index (χ4n) is 11.2. The second-order valence-electron chi connectivity index (χ2n) is 24.4. The Morgan fingerprint density at radius 1 is 0.586 bits per heavy atom. The molecular formula is C73H81Cl2N7O16S. The Labute approximate surface area is 585 Å². The van der Waals surface area contributed by atoms with E-state index in [1.54, 1.807) is 91.0 Å². The van der Waals surface area contributed by atoms with Crippen molar-refractivity contribution >= 4 is 98.0 Å². The average Bonchev–Trinajstić information content (AvgIpc) is 1.65. The van der Waals surface area contributed by atoms with Crippen LogP contribution in [0.2, 0.25) is 10.0 Å². The van der Waals surface area contributed by atoms with Crippen molar-refractivity contribution in [1.82, 2.24) is 24.8 Å². The number of halogens is 2. The van der Waals surface area contributed by atoms with Crippen LogP contribution in [0, 0.1) is 6.92 Å². The standard InChI is InChI=1S/C37H44ClN3O8.C36H37ClN4O8S/c1-5-6-7-8-9-10-11-12-13-17-22-47-34(44)26-20-21-27(38)28(23-26)39-33(43)30(41-35(45)37(3,4)48-36(41)46)31(42)29-24(2)40-49-32(29)25-18-15-14-16-19-25;1-3-4-5-6-7-14-21-38-50(46,47)26-19-20-28(27(37)22-26)39-34(43)31(41-35(44)23(2)48-36(41)45)32(42)29-30(24-15-10-8-11-16-24)40-49-33(29)25-17-12-9-13-18-25/h14-16,18-21,23,30H,5-13,17,22H2,1-4H3,(H,39,43);8-13,15-20,22-23,31,38H,3-7,14,21H2,1-2H3,(H,39,43). The lowest BCUT2D eigenvalue weighted by atomic mass is 9.94. The van der Waals surface area contributed by atoms with Crippen molar-refractivity contribution in [2.24, 2.45) is 0 Å². The zero-order valence-electron chi connectivity index (χ0n) is 56.1. The predicted octanol–water partition coefficient (Wildman–Crippen LogP) is 15.2. The monoisotopic (exact) mass is 1410 g/mol. The molecule has 7 aromatic rings. The first-order chi connectivity index (χ1) is 47.5. The number of aromatic nitrogens is 2. The number of sulfonamides is 1. The molecule has 2 aliphatic rings. The number of cyclic esters (lactones) is 2. The number of anilines is 2. The third-order valence-electron chi connectivity index (χ3n) is 16.5. The molecule has 0 bridgehead atoms. The molecule has 2 aliphatic heterocycles. The minimum atomic E-state index is -3.91. The van der Waals surface area contributed by atoms with E-state index in [1.807, 2.05) is 0 Å². The van der Waals surface area contributed by atoms with Crippen molar-refractivity contribution in [2.75, 3.05) is 23.8 Å². The van der Waals surface area contributed by atoms with Gasteiger partial charge in [-0.2, -0.15) is 0 Å². The maximum atomic E-state index is 14.6. The van der Waals surface area contributed by atoms with Crippen LogP contribution in [0.4, 0.5) is 21.0 Å². The van der Waals surface area contributed by atoms with Gasteiger partial charge in [0.25, 0.3) is 23.6 Å². The molecule has 0 spiro atoms. The van der Waals surface area contributed by atoms with Crippen molar-refractivity contribution in [3.63, 3.8) is 0 Å². The molecule has 23 nitrogen and oxygen atoms in total. The van der Waals surface area contributed by atoms with E-state index in [-0.39, 0.29) is 79.1 Å². The predicted molar refractivity (Wildman–Crippen MR) is 371 cm³/mol. The zero-order chi connectivity index (χ0) is 71.4. The molecule has 2 saturated heterocycles. The average molecular weight is 1420 g/mol. The Morgan fingerprint density at radius 2 is 1.09 bits per heavy atom. The summed E-state index contributed by atoms with van der Waals surface area (Å²) in [5.41, 5.74) is -0.171. The number of Topliss-reactive ketones (excluding diaryl/α,β-unsaturated/α-hetero) is 2. The molecular weight excluding hydrogens is 1330 g/mol. The molecule has 2 fully saturated rings. The van der Waals surface area contributed by atoms with Crippen LogP contribution in [0.15, 0.2) is 141 Å². The molecule has 5 aromatic carbocycles. The van der Waals surface area contributed by atoms with Crippen LogP contribution in [0.25, 0.3) is 33.9 Å². The van der Waals surface area contributed by atoms with E-state index in [0.717, 1.165) is 63.9 Å². The Bertz CT molecular complexity index is 4090. The van der Waals surface area contributed by atoms with Gasteiger partial charge in [0.15, 0.2) is 35.3 Å². The second-order valence-corrected chi connectivity index (χ2v) is 27.0. The smallest absolute Gasteiger partial charge is 0.418 e. The molecule has 2 aromatic heterocycles. The molecule has 0 radical (unpaired) electrons. The number of imide groups is 2. The number of carbonyl (C=O) groups is 9. The summed E-state index contributed by atoms with van der Waals surface area (Å²) < 4.78 is 55.3. The number of hydrogen-bond donors (Lipinski definition) is 3. The SMILES string of the molecule is CCCCCCCCCCCCOC(=O)c1ccc(Cl)c(NC(=O)C(C(=O)c2c(C)noc2-c2ccccc2)N2C(=O)OC(C)(C)C2=O)c1.CCCCCCCCNS(=O)(=O)c1ccc(NC(=O)C(C(=O)c2c(-c3ccccc3)noc2-c2ccccc2)N2C(=O)OC(C)C2=O)c(Cl)c1. The molecule has 6 amide bonds. The number of carbonyl (C=O) groups excluding carboxylic acids is 9. The van der Waals surface area contributed by atoms with Gasteiger partial charge in [-0.1, -0.05) is 228 Å². The van der Waals surface area contributed by atoms with Gasteiger partial charge in [-0.25, -0.2) is 37.3 Å². The summed E-state index contributed by atoms with van der Waals surface area (Å²) in [7, 11) is -3.91. The maximum Gasteiger partial charge on any atom is 0.418 e. The molecule has 9 rings (SSSR count). The fourth-order valence-corrected chi connectivity index (χ4v) is 12.7. The lowest BCUT2D eigenvalue weighted by molar-refractivity contribution is -0.137. The molecule has 0 saturated carbocycles. The molecule has 3 unspecified atom stereocenters. The number of hydrogen-bond acceptors (Lipinski definition) is 18. The van der Waals surface area contributed by atoms with Crippen molar-refractivity contribution in [3.05, 3.63) is 160 Å². The number of ketones is 2. The third kappa shape index (κ3) is 19.1. The van der Waals surface area contributed by atoms with Crippen LogP contribution in [0.5, 0.6) is 0 Å². The lowest BCUT2D eigenvalue weighted by Gasteiger charge is -2.23. The van der Waals surface area contributed by atoms with Gasteiger partial charge in [0.1, 0.15) is 5.69 Å². The summed E-state index contributed by atoms with van der Waals surface area (Å²) >= 11 is 12.9. The minimum Gasteiger partial charge on any atom is -0.462 e. The molecule has 99 heavy (non-hydrogen) atoms. The van der Waals surface area contributed by atoms with Crippen LogP contribution in [0.1, 0.15) is 174 Å². The number of amides is 6. The van der Waals surface area contributed by atoms with E-state index in [4.69, 9.17) is 46.5 Å². The first-order valence-electron chi connectivity index (χ1n) is 33.2. The summed E-state index contributed by atoms with van der Waals surface area (Å²) in [5, 5.41) is 13.0. The van der Waals surface area contributed by atoms with Gasteiger partial charge >= 0.3 is 18.2 Å². The number of rotatable bonds is 34.